The highest BCUT2D eigenvalue weighted by atomic mass is 19.1. The fourth-order valence-corrected chi connectivity index (χ4v) is 16.1. The van der Waals surface area contributed by atoms with E-state index in [0.717, 1.165) is 106 Å². The summed E-state index contributed by atoms with van der Waals surface area (Å²) in [5.74, 6) is -0.473. The summed E-state index contributed by atoms with van der Waals surface area (Å²) in [6, 6.07) is 139. The predicted octanol–water partition coefficient (Wildman–Crippen LogP) is 28.7. The van der Waals surface area contributed by atoms with Crippen molar-refractivity contribution < 1.29 is 13.2 Å². The van der Waals surface area contributed by atoms with E-state index < -0.39 is 0 Å². The summed E-state index contributed by atoms with van der Waals surface area (Å²) < 4.78 is 38.3. The molecule has 5 nitrogen and oxygen atoms in total. The van der Waals surface area contributed by atoms with Gasteiger partial charge in [-0.1, -0.05) is 231 Å². The van der Waals surface area contributed by atoms with Gasteiger partial charge in [0.2, 0.25) is 0 Å². The molecule has 0 amide bonds. The lowest BCUT2D eigenvalue weighted by Crippen LogP contribution is -2.11. The summed E-state index contributed by atoms with van der Waals surface area (Å²) in [4.78, 5) is 4.56. The maximum Gasteiger partial charge on any atom is 0.137 e. The van der Waals surface area contributed by atoms with Gasteiger partial charge in [0.1, 0.15) is 22.8 Å². The van der Waals surface area contributed by atoms with E-state index in [1.54, 1.807) is 0 Å². The fraction of sp³-hybridized carbons (Fsp3) is 0. The Bertz CT molecular complexity index is 6810. The molecule has 17 aromatic carbocycles. The summed E-state index contributed by atoms with van der Waals surface area (Å²) >= 11 is 0. The number of aromatic nitrogens is 2. The molecule has 21 rings (SSSR count). The van der Waals surface area contributed by atoms with Gasteiger partial charge >= 0.3 is 0 Å². The van der Waals surface area contributed by atoms with Gasteiger partial charge in [-0.2, -0.15) is 0 Å². The third kappa shape index (κ3) is 11.7. The molecule has 0 fully saturated rings. The van der Waals surface area contributed by atoms with Gasteiger partial charge in [0.25, 0.3) is 0 Å². The van der Waals surface area contributed by atoms with Crippen LogP contribution >= 0.6 is 0 Å². The first kappa shape index (κ1) is 64.2. The van der Waals surface area contributed by atoms with Gasteiger partial charge in [0.05, 0.1) is 22.1 Å². The van der Waals surface area contributed by atoms with Gasteiger partial charge in [-0.3, -0.25) is 0 Å². The van der Waals surface area contributed by atoms with Gasteiger partial charge in [-0.15, -0.1) is 0 Å². The van der Waals surface area contributed by atoms with Crippen molar-refractivity contribution in [1.82, 2.24) is 9.13 Å². The molecule has 3 aromatic heterocycles. The lowest BCUT2D eigenvalue weighted by atomic mass is 9.80. The summed E-state index contributed by atoms with van der Waals surface area (Å²) in [5, 5.41) is 7.16. The summed E-state index contributed by atoms with van der Waals surface area (Å²) in [6.45, 7) is 0. The lowest BCUT2D eigenvalue weighted by Gasteiger charge is -2.30. The monoisotopic (exact) mass is 1400 g/mol. The Hall–Kier alpha value is -14.4. The minimum Gasteiger partial charge on any atom is -0.456 e. The average Bonchev–Trinajstić information content (AvgIpc) is 1.55. The molecule has 0 bridgehead atoms. The molecular weight excluding hydrogens is 1340 g/mol. The van der Waals surface area contributed by atoms with E-state index in [-0.39, 0.29) is 11.6 Å². The minimum absolute atomic E-state index is 0.230. The SMILES string of the molecule is Fc1ccc(-c2ccc(N(c3ccc(-c4ccc(-c5ccc6c(c5)c5ccccc5n6-c5ccccc5)cc4)cc3)c3ccc4c(c3)oc3ccccc34)cc2)cc1.Fc1ccc(-c2ccc(N(c3ccc(-c4ccc5c(c4)c4ccccc4n5-c4ccccc4)cc3)c3ccc4c(c3)-c3ccccc3-4)cc2)cc1. The number of anilines is 6. The van der Waals surface area contributed by atoms with Crippen molar-refractivity contribution in [2.45, 2.75) is 0 Å². The van der Waals surface area contributed by atoms with Crippen LogP contribution in [-0.2, 0) is 0 Å². The van der Waals surface area contributed by atoms with Gasteiger partial charge in [-0.05, 0) is 242 Å². The van der Waals surface area contributed by atoms with Gasteiger partial charge in [-0.25, -0.2) is 8.78 Å². The third-order valence-corrected chi connectivity index (χ3v) is 21.5. The second-order valence-electron chi connectivity index (χ2n) is 27.8. The summed E-state index contributed by atoms with van der Waals surface area (Å²) in [6.07, 6.45) is 0. The zero-order chi connectivity index (χ0) is 72.5. The van der Waals surface area contributed by atoms with Crippen LogP contribution in [0.2, 0.25) is 0 Å². The Morgan fingerprint density at radius 2 is 0.495 bits per heavy atom. The van der Waals surface area contributed by atoms with Crippen molar-refractivity contribution in [3.8, 4) is 89.3 Å². The number of hydrogen-bond donors (Lipinski definition) is 0. The van der Waals surface area contributed by atoms with Gasteiger partial charge < -0.3 is 23.4 Å². The van der Waals surface area contributed by atoms with E-state index in [1.807, 2.05) is 42.5 Å². The van der Waals surface area contributed by atoms with E-state index in [4.69, 9.17) is 4.42 Å². The van der Waals surface area contributed by atoms with Crippen LogP contribution in [0.5, 0.6) is 0 Å². The van der Waals surface area contributed by atoms with Crippen molar-refractivity contribution in [2.24, 2.45) is 0 Å². The second-order valence-corrected chi connectivity index (χ2v) is 27.8. The first-order valence-electron chi connectivity index (χ1n) is 36.8. The second kappa shape index (κ2) is 26.9. The number of halogens is 2. The first-order valence-corrected chi connectivity index (χ1v) is 36.8. The van der Waals surface area contributed by atoms with Crippen molar-refractivity contribution in [1.29, 1.82) is 0 Å². The molecule has 514 valence electrons. The summed E-state index contributed by atoms with van der Waals surface area (Å²) in [7, 11) is 0. The smallest absolute Gasteiger partial charge is 0.137 e. The molecule has 0 saturated carbocycles. The topological polar surface area (TPSA) is 29.5 Å². The molecule has 0 N–H and O–H groups in total. The maximum atomic E-state index is 13.7. The molecule has 0 unspecified atom stereocenters. The van der Waals surface area contributed by atoms with Crippen LogP contribution in [0.1, 0.15) is 0 Å². The Morgan fingerprint density at radius 3 is 0.945 bits per heavy atom. The maximum absolute atomic E-state index is 13.7. The quantitative estimate of drug-likeness (QED) is 0.115. The van der Waals surface area contributed by atoms with E-state index in [9.17, 15) is 8.78 Å². The van der Waals surface area contributed by atoms with Crippen LogP contribution in [0.15, 0.2) is 405 Å². The molecule has 3 heterocycles. The Morgan fingerprint density at radius 1 is 0.193 bits per heavy atom. The largest absolute Gasteiger partial charge is 0.456 e. The van der Waals surface area contributed by atoms with E-state index >= 15 is 0 Å². The number of para-hydroxylation sites is 5. The minimum atomic E-state index is -0.242. The first-order chi connectivity index (χ1) is 53.8. The highest BCUT2D eigenvalue weighted by molar-refractivity contribution is 6.12. The number of rotatable bonds is 13. The van der Waals surface area contributed by atoms with Crippen molar-refractivity contribution in [2.75, 3.05) is 9.80 Å². The van der Waals surface area contributed by atoms with E-state index in [1.165, 1.54) is 107 Å². The lowest BCUT2D eigenvalue weighted by molar-refractivity contribution is 0.627. The van der Waals surface area contributed by atoms with Crippen LogP contribution < -0.4 is 9.80 Å². The number of hydrogen-bond acceptors (Lipinski definition) is 3. The number of furan rings is 1. The van der Waals surface area contributed by atoms with Crippen molar-refractivity contribution >= 4 is 99.7 Å². The molecule has 20 aromatic rings. The highest BCUT2D eigenvalue weighted by Crippen LogP contribution is 2.51. The van der Waals surface area contributed by atoms with Crippen molar-refractivity contribution in [3.05, 3.63) is 412 Å². The Kier molecular flexibility index (Phi) is 15.9. The Balaban J connectivity index is 0.000000144. The van der Waals surface area contributed by atoms with Crippen LogP contribution in [0.3, 0.4) is 0 Å². The molecular formula is C102H66F2N4O. The van der Waals surface area contributed by atoms with Crippen molar-refractivity contribution in [3.63, 3.8) is 0 Å². The van der Waals surface area contributed by atoms with Crippen LogP contribution in [-0.4, -0.2) is 9.13 Å². The molecule has 0 saturated heterocycles. The van der Waals surface area contributed by atoms with Crippen LogP contribution in [0.4, 0.5) is 42.9 Å². The molecule has 1 aliphatic carbocycles. The standard InChI is InChI=1S/C54H35FN2O.C48H31FN2/c55-42-25-18-37(19-26-42)39-22-29-45(30-23-39)56(46-31-32-49-48-11-5-7-13-53(48)58-54(49)35-46)44-27-20-38(21-28-44)36-14-16-40(17-15-36)41-24-33-52-50(34-41)47-10-4-6-12-51(47)57(52)43-8-2-1-3-9-43;49-36-21-14-32(15-22-36)33-16-23-38(24-17-33)50(40-27-28-43-41-10-4-5-11-42(41)45(43)31-40)39-25-18-34(19-26-39)35-20-29-48-46(30-35)44-12-6-7-13-47(44)51(48)37-8-2-1-3-9-37/h1-35H;1-31H. The molecule has 0 spiro atoms. The number of fused-ring (bicyclic) bond motifs is 13. The molecule has 7 heteroatoms. The van der Waals surface area contributed by atoms with E-state index in [0.29, 0.717) is 0 Å². The zero-order valence-electron chi connectivity index (χ0n) is 59.1. The van der Waals surface area contributed by atoms with Crippen LogP contribution in [0, 0.1) is 11.6 Å². The molecule has 0 aliphatic heterocycles. The highest BCUT2D eigenvalue weighted by Gasteiger charge is 2.25. The molecule has 0 atom stereocenters. The van der Waals surface area contributed by atoms with E-state index in [2.05, 4.69) is 353 Å². The number of nitrogens with zero attached hydrogens (tertiary/aromatic N) is 4. The van der Waals surface area contributed by atoms with Gasteiger partial charge in [0.15, 0.2) is 0 Å². The van der Waals surface area contributed by atoms with Gasteiger partial charge in [0, 0.05) is 83.9 Å². The average molecular weight is 1400 g/mol. The number of benzene rings is 17. The fourth-order valence-electron chi connectivity index (χ4n) is 16.1. The normalized spacial score (nSPS) is 11.6. The molecule has 109 heavy (non-hydrogen) atoms. The third-order valence-electron chi connectivity index (χ3n) is 21.5. The summed E-state index contributed by atoms with van der Waals surface area (Å²) in [5.41, 5.74) is 31.2. The Labute approximate surface area is 629 Å². The zero-order valence-corrected chi connectivity index (χ0v) is 59.1. The predicted molar refractivity (Wildman–Crippen MR) is 450 cm³/mol. The molecule has 1 aliphatic rings. The van der Waals surface area contributed by atoms with Crippen LogP contribution in [0.25, 0.3) is 155 Å². The molecule has 0 radical (unpaired) electrons.